The number of aryl methyl sites for hydroxylation is 1. The van der Waals surface area contributed by atoms with Crippen LogP contribution in [0, 0.1) is 6.92 Å². The average Bonchev–Trinajstić information content (AvgIpc) is 2.82. The number of hydrogen-bond donors (Lipinski definition) is 1. The largest absolute Gasteiger partial charge is 0.396 e. The molecule has 2 aromatic rings. The number of fused-ring (bicyclic) bond motifs is 1. The van der Waals surface area contributed by atoms with Gasteiger partial charge in [-0.2, -0.15) is 0 Å². The van der Waals surface area contributed by atoms with Crippen LogP contribution in [0.4, 0.5) is 0 Å². The van der Waals surface area contributed by atoms with E-state index >= 15 is 0 Å². The van der Waals surface area contributed by atoms with E-state index in [1.165, 1.54) is 24.8 Å². The summed E-state index contributed by atoms with van der Waals surface area (Å²) in [5.74, 6) is 0. The fraction of sp³-hybridized carbons (Fsp3) is 0.562. The molecule has 0 bridgehead atoms. The van der Waals surface area contributed by atoms with E-state index in [0.717, 1.165) is 30.9 Å². The number of rotatable bonds is 4. The summed E-state index contributed by atoms with van der Waals surface area (Å²) in [6.45, 7) is 4.40. The first kappa shape index (κ1) is 13.6. The molecule has 1 saturated heterocycles. The number of piperidine rings is 1. The Bertz CT molecular complexity index is 576. The number of aliphatic hydroxyl groups excluding tert-OH is 1. The van der Waals surface area contributed by atoms with Gasteiger partial charge in [-0.15, -0.1) is 0 Å². The van der Waals surface area contributed by atoms with E-state index in [4.69, 9.17) is 4.98 Å². The van der Waals surface area contributed by atoms with Gasteiger partial charge in [-0.25, -0.2) is 4.98 Å². The van der Waals surface area contributed by atoms with Crippen LogP contribution in [0.5, 0.6) is 0 Å². The highest BCUT2D eigenvalue weighted by molar-refractivity contribution is 5.41. The molecule has 0 amide bonds. The van der Waals surface area contributed by atoms with Gasteiger partial charge in [0, 0.05) is 31.6 Å². The maximum atomic E-state index is 9.20. The molecule has 3 heterocycles. The van der Waals surface area contributed by atoms with Crippen molar-refractivity contribution in [3.63, 3.8) is 0 Å². The molecule has 0 saturated carbocycles. The number of hydrogen-bond acceptors (Lipinski definition) is 3. The fourth-order valence-corrected chi connectivity index (χ4v) is 3.18. The SMILES string of the molecule is Cc1ccc2nc(CN3CCCCC3CCO)cn2c1. The molecule has 1 fully saturated rings. The van der Waals surface area contributed by atoms with Crippen molar-refractivity contribution in [2.45, 2.75) is 45.2 Å². The van der Waals surface area contributed by atoms with E-state index in [-0.39, 0.29) is 6.61 Å². The summed E-state index contributed by atoms with van der Waals surface area (Å²) in [7, 11) is 0. The van der Waals surface area contributed by atoms with Gasteiger partial charge in [0.2, 0.25) is 0 Å². The van der Waals surface area contributed by atoms with E-state index in [1.807, 2.05) is 0 Å². The third kappa shape index (κ3) is 2.86. The molecule has 4 heteroatoms. The summed E-state index contributed by atoms with van der Waals surface area (Å²) in [6, 6.07) is 4.68. The van der Waals surface area contributed by atoms with Crippen molar-refractivity contribution in [1.29, 1.82) is 0 Å². The lowest BCUT2D eigenvalue weighted by molar-refractivity contribution is 0.111. The number of imidazole rings is 1. The first-order valence-corrected chi connectivity index (χ1v) is 7.55. The number of likely N-dealkylation sites (tertiary alicyclic amines) is 1. The van der Waals surface area contributed by atoms with Gasteiger partial charge in [0.1, 0.15) is 5.65 Å². The Morgan fingerprint density at radius 2 is 2.20 bits per heavy atom. The Kier molecular flexibility index (Phi) is 4.03. The second-order valence-corrected chi connectivity index (χ2v) is 5.84. The van der Waals surface area contributed by atoms with Gasteiger partial charge in [-0.3, -0.25) is 4.90 Å². The van der Waals surface area contributed by atoms with Crippen LogP contribution < -0.4 is 0 Å². The lowest BCUT2D eigenvalue weighted by atomic mass is 9.99. The minimum absolute atomic E-state index is 0.283. The van der Waals surface area contributed by atoms with Crippen molar-refractivity contribution in [1.82, 2.24) is 14.3 Å². The number of aliphatic hydroxyl groups is 1. The highest BCUT2D eigenvalue weighted by atomic mass is 16.3. The minimum atomic E-state index is 0.283. The molecule has 0 spiro atoms. The summed E-state index contributed by atoms with van der Waals surface area (Å²) in [5, 5.41) is 9.20. The van der Waals surface area contributed by atoms with Crippen LogP contribution in [-0.4, -0.2) is 38.6 Å². The lowest BCUT2D eigenvalue weighted by Crippen LogP contribution is -2.39. The van der Waals surface area contributed by atoms with Crippen LogP contribution in [0.25, 0.3) is 5.65 Å². The molecular weight excluding hydrogens is 250 g/mol. The molecule has 0 aliphatic carbocycles. The molecule has 1 aliphatic heterocycles. The zero-order valence-electron chi connectivity index (χ0n) is 12.1. The molecule has 0 aromatic carbocycles. The van der Waals surface area contributed by atoms with Crippen molar-refractivity contribution in [3.05, 3.63) is 35.8 Å². The Hall–Kier alpha value is -1.39. The van der Waals surface area contributed by atoms with E-state index in [0.29, 0.717) is 6.04 Å². The van der Waals surface area contributed by atoms with Gasteiger partial charge in [0.05, 0.1) is 5.69 Å². The van der Waals surface area contributed by atoms with Gasteiger partial charge in [-0.05, 0) is 44.4 Å². The molecule has 1 unspecified atom stereocenters. The van der Waals surface area contributed by atoms with Gasteiger partial charge >= 0.3 is 0 Å². The molecular formula is C16H23N3O. The van der Waals surface area contributed by atoms with Crippen molar-refractivity contribution in [2.24, 2.45) is 0 Å². The molecule has 1 aliphatic rings. The first-order chi connectivity index (χ1) is 9.76. The van der Waals surface area contributed by atoms with Gasteiger partial charge in [0.25, 0.3) is 0 Å². The van der Waals surface area contributed by atoms with Gasteiger partial charge in [-0.1, -0.05) is 12.5 Å². The van der Waals surface area contributed by atoms with E-state index in [2.05, 4.69) is 40.8 Å². The topological polar surface area (TPSA) is 40.8 Å². The van der Waals surface area contributed by atoms with E-state index < -0.39 is 0 Å². The molecule has 108 valence electrons. The Morgan fingerprint density at radius 3 is 3.05 bits per heavy atom. The summed E-state index contributed by atoms with van der Waals surface area (Å²) in [5.41, 5.74) is 3.39. The zero-order valence-corrected chi connectivity index (χ0v) is 12.1. The Balaban J connectivity index is 1.77. The molecule has 2 aromatic heterocycles. The van der Waals surface area contributed by atoms with E-state index in [9.17, 15) is 5.11 Å². The minimum Gasteiger partial charge on any atom is -0.396 e. The predicted octanol–water partition coefficient (Wildman–Crippen LogP) is 2.38. The highest BCUT2D eigenvalue weighted by Gasteiger charge is 2.22. The fourth-order valence-electron chi connectivity index (χ4n) is 3.18. The summed E-state index contributed by atoms with van der Waals surface area (Å²) in [6.07, 6.45) is 8.87. The molecule has 0 radical (unpaired) electrons. The lowest BCUT2D eigenvalue weighted by Gasteiger charge is -2.34. The monoisotopic (exact) mass is 273 g/mol. The quantitative estimate of drug-likeness (QED) is 0.930. The summed E-state index contributed by atoms with van der Waals surface area (Å²) in [4.78, 5) is 7.18. The number of aromatic nitrogens is 2. The second kappa shape index (κ2) is 5.94. The van der Waals surface area contributed by atoms with Crippen molar-refractivity contribution in [2.75, 3.05) is 13.2 Å². The van der Waals surface area contributed by atoms with Crippen LogP contribution in [0.2, 0.25) is 0 Å². The first-order valence-electron chi connectivity index (χ1n) is 7.55. The number of pyridine rings is 1. The predicted molar refractivity (Wildman–Crippen MR) is 79.7 cm³/mol. The van der Waals surface area contributed by atoms with Crippen LogP contribution in [0.15, 0.2) is 24.5 Å². The summed E-state index contributed by atoms with van der Waals surface area (Å²) >= 11 is 0. The molecule has 1 atom stereocenters. The highest BCUT2D eigenvalue weighted by Crippen LogP contribution is 2.21. The van der Waals surface area contributed by atoms with Crippen molar-refractivity contribution < 1.29 is 5.11 Å². The molecule has 20 heavy (non-hydrogen) atoms. The normalized spacial score (nSPS) is 20.6. The number of nitrogens with zero attached hydrogens (tertiary/aromatic N) is 3. The molecule has 4 nitrogen and oxygen atoms in total. The van der Waals surface area contributed by atoms with Crippen LogP contribution in [0.1, 0.15) is 36.9 Å². The van der Waals surface area contributed by atoms with Crippen LogP contribution in [-0.2, 0) is 6.54 Å². The molecule has 1 N–H and O–H groups in total. The third-order valence-corrected chi connectivity index (χ3v) is 4.23. The van der Waals surface area contributed by atoms with Gasteiger partial charge in [0.15, 0.2) is 0 Å². The van der Waals surface area contributed by atoms with Crippen molar-refractivity contribution in [3.8, 4) is 0 Å². The van der Waals surface area contributed by atoms with Crippen molar-refractivity contribution >= 4 is 5.65 Å². The summed E-state index contributed by atoms with van der Waals surface area (Å²) < 4.78 is 2.11. The second-order valence-electron chi connectivity index (χ2n) is 5.84. The standard InChI is InChI=1S/C16H23N3O/c1-13-5-6-16-17-14(12-19(16)10-13)11-18-8-3-2-4-15(18)7-9-20/h5-6,10,12,15,20H,2-4,7-9,11H2,1H3. The Labute approximate surface area is 120 Å². The molecule has 3 rings (SSSR count). The average molecular weight is 273 g/mol. The Morgan fingerprint density at radius 1 is 1.30 bits per heavy atom. The third-order valence-electron chi connectivity index (χ3n) is 4.23. The van der Waals surface area contributed by atoms with Crippen LogP contribution in [0.3, 0.4) is 0 Å². The maximum Gasteiger partial charge on any atom is 0.137 e. The zero-order chi connectivity index (χ0) is 13.9. The maximum absolute atomic E-state index is 9.20. The smallest absolute Gasteiger partial charge is 0.137 e. The van der Waals surface area contributed by atoms with Crippen LogP contribution >= 0.6 is 0 Å². The van der Waals surface area contributed by atoms with Gasteiger partial charge < -0.3 is 9.51 Å². The van der Waals surface area contributed by atoms with E-state index in [1.54, 1.807) is 0 Å².